The largest absolute Gasteiger partial charge is 0.505 e. The van der Waals surface area contributed by atoms with Gasteiger partial charge in [-0.15, -0.1) is 0 Å². The van der Waals surface area contributed by atoms with Crippen LogP contribution < -0.4 is 4.74 Å². The van der Waals surface area contributed by atoms with Gasteiger partial charge >= 0.3 is 0 Å². The first kappa shape index (κ1) is 97.7. The van der Waals surface area contributed by atoms with Crippen LogP contribution in [0.5, 0.6) is 57.5 Å². The molecule has 0 fully saturated rings. The quantitative estimate of drug-likeness (QED) is 0.0762. The minimum Gasteiger partial charge on any atom is -0.505 e. The molecule has 15 aromatic carbocycles. The van der Waals surface area contributed by atoms with Crippen molar-refractivity contribution in [3.05, 3.63) is 293 Å². The molecular formula is C102H73Br9Cl2N14O9. The standard InChI is InChI=1S/C19H13BrN2O2.2C15H13BrN2O.C14H11BrN2O.C13H7Br3N2O2.2C13H8BrClN2O/c1-11-9-14(20)17-18(19(11)23)22-16-10-13(7-8-15(16)21-17)24-12-5-3-2-4-6-12;1-7-4-5-11-12(9(7)3)18-13-10(16)6-8(2)15(19)14(13)17-11;1-3-9-5-4-6-11-12(9)18-13-10(16)7-8(2)15(19)14(13)17-11;1-7-4-3-5-10-11(7)17-12-9(15)6-8(2)14(18)13(12)16-10;1-4-2-5(14)8-10(12(4)19)17-9-6(15)3-7(16)13(20)11(9)18-8;1-6-4-8(14)11-12(13(6)18)17-10-5-7(15)2-3-9(10)16-11;1-6-5-7(14)10-12(13(6)18)16-9-4-2-3-8(15)11(9)17-10/h2-10,23H,1H3;4-6,19H,1-3H3;4-7,19H,3H2,1-2H3;3-6,18H,1-2H3;2-3,19-20H,1H3;2*2-5,18H,1H3. The molecule has 682 valence electrons. The number of phenols is 8. The summed E-state index contributed by atoms with van der Waals surface area (Å²) in [6.45, 7) is 21.0. The number of phenolic OH excluding ortho intramolecular Hbond substituents is 8. The maximum absolute atomic E-state index is 10.3. The molecule has 0 amide bonds. The highest BCUT2D eigenvalue weighted by Crippen LogP contribution is 2.45. The SMILES string of the molecule is CCc1cccc2nc3c(O)c(C)cc(Br)c3nc12.Cc1cc(Br)c2nc3c(C)cccc3nc2c1O.Cc1cc(Br)c2nc3c(Cl)cccc3nc2c1O.Cc1cc(Br)c2nc3c(O)c(Br)cc(Br)c3nc2c1O.Cc1cc(Br)c2nc3ccc(Cl)cc3nc2c1O.Cc1cc(Br)c2nc3ccc(Oc4ccccc4)cc3nc2c1O.Cc1ccc2nc3c(O)c(C)cc(Br)c3nc2c1C. The molecule has 0 spiro atoms. The van der Waals surface area contributed by atoms with Gasteiger partial charge in [0.25, 0.3) is 0 Å². The van der Waals surface area contributed by atoms with Crippen LogP contribution >= 0.6 is 167 Å². The molecule has 8 N–H and O–H groups in total. The number of nitrogens with zero attached hydrogens (tertiary/aromatic N) is 14. The van der Waals surface area contributed by atoms with Gasteiger partial charge in [-0.3, -0.25) is 0 Å². The van der Waals surface area contributed by atoms with Crippen LogP contribution in [-0.4, -0.2) is 111 Å². The second kappa shape index (κ2) is 40.3. The third-order valence-corrected chi connectivity index (χ3v) is 28.3. The highest BCUT2D eigenvalue weighted by Gasteiger charge is 2.23. The maximum Gasteiger partial charge on any atom is 0.157 e. The molecule has 7 aromatic heterocycles. The number of para-hydroxylation sites is 4. The van der Waals surface area contributed by atoms with E-state index in [-0.39, 0.29) is 46.0 Å². The zero-order valence-corrected chi connectivity index (χ0v) is 89.2. The van der Waals surface area contributed by atoms with Crippen molar-refractivity contribution < 1.29 is 45.6 Å². The number of halogens is 11. The van der Waals surface area contributed by atoms with Crippen LogP contribution in [0, 0.1) is 69.2 Å². The first-order valence-corrected chi connectivity index (χ1v) is 49.4. The smallest absolute Gasteiger partial charge is 0.157 e. The highest BCUT2D eigenvalue weighted by molar-refractivity contribution is 9.12. The average Bonchev–Trinajstić information content (AvgIpc) is 0.774. The van der Waals surface area contributed by atoms with Gasteiger partial charge in [-0.1, -0.05) is 84.7 Å². The highest BCUT2D eigenvalue weighted by atomic mass is 79.9. The molecule has 0 atom stereocenters. The van der Waals surface area contributed by atoms with E-state index in [0.29, 0.717) is 145 Å². The minimum absolute atomic E-state index is 0.0181. The van der Waals surface area contributed by atoms with E-state index >= 15 is 0 Å². The lowest BCUT2D eigenvalue weighted by Gasteiger charge is -2.09. The molecular weight excluding hydrogens is 2360 g/mol. The molecule has 22 aromatic rings. The molecule has 136 heavy (non-hydrogen) atoms. The van der Waals surface area contributed by atoms with Crippen molar-refractivity contribution in [1.82, 2.24) is 69.8 Å². The summed E-state index contributed by atoms with van der Waals surface area (Å²) in [7, 11) is 0. The van der Waals surface area contributed by atoms with Crippen molar-refractivity contribution in [3.8, 4) is 57.5 Å². The number of benzene rings is 15. The van der Waals surface area contributed by atoms with E-state index < -0.39 is 0 Å². The lowest BCUT2D eigenvalue weighted by Crippen LogP contribution is -1.94. The molecule has 34 heteroatoms. The molecule has 0 radical (unpaired) electrons. The van der Waals surface area contributed by atoms with Crippen molar-refractivity contribution in [2.75, 3.05) is 0 Å². The summed E-state index contributed by atoms with van der Waals surface area (Å²) in [5.74, 6) is 2.60. The van der Waals surface area contributed by atoms with Crippen LogP contribution in [0.1, 0.15) is 68.1 Å². The van der Waals surface area contributed by atoms with Gasteiger partial charge in [-0.2, -0.15) is 0 Å². The van der Waals surface area contributed by atoms with Gasteiger partial charge in [0, 0.05) is 46.9 Å². The Morgan fingerprint density at radius 2 is 0.529 bits per heavy atom. The molecule has 0 saturated heterocycles. The molecule has 0 aliphatic rings. The normalized spacial score (nSPS) is 11.3. The first-order chi connectivity index (χ1) is 64.8. The molecule has 0 bridgehead atoms. The number of aryl methyl sites for hydroxylation is 11. The van der Waals surface area contributed by atoms with Crippen molar-refractivity contribution in [3.63, 3.8) is 0 Å². The summed E-state index contributed by atoms with van der Waals surface area (Å²) >= 11 is 42.9. The number of ether oxygens (including phenoxy) is 1. The van der Waals surface area contributed by atoms with E-state index in [9.17, 15) is 40.9 Å². The number of hydrogen-bond acceptors (Lipinski definition) is 23. The molecule has 0 aliphatic heterocycles. The van der Waals surface area contributed by atoms with Crippen molar-refractivity contribution in [2.24, 2.45) is 0 Å². The van der Waals surface area contributed by atoms with Crippen LogP contribution in [0.25, 0.3) is 154 Å². The third-order valence-electron chi connectivity index (χ3n) is 22.3. The van der Waals surface area contributed by atoms with Crippen LogP contribution in [0.15, 0.2) is 222 Å². The van der Waals surface area contributed by atoms with Gasteiger partial charge in [0.1, 0.15) is 146 Å². The van der Waals surface area contributed by atoms with E-state index in [4.69, 9.17) is 27.9 Å². The Morgan fingerprint density at radius 1 is 0.221 bits per heavy atom. The minimum atomic E-state index is 0.0181. The molecule has 22 rings (SSSR count). The zero-order valence-electron chi connectivity index (χ0n) is 73.4. The van der Waals surface area contributed by atoms with Crippen LogP contribution in [0.2, 0.25) is 10.0 Å². The third kappa shape index (κ3) is 19.7. The zero-order chi connectivity index (χ0) is 97.2. The van der Waals surface area contributed by atoms with E-state index in [2.05, 4.69) is 233 Å². The van der Waals surface area contributed by atoms with E-state index in [0.717, 1.165) is 128 Å². The van der Waals surface area contributed by atoms with Crippen LogP contribution in [0.4, 0.5) is 0 Å². The first-order valence-electron chi connectivity index (χ1n) is 41.5. The van der Waals surface area contributed by atoms with E-state index in [1.165, 1.54) is 11.1 Å². The Balaban J connectivity index is 0.000000115. The number of hydrogen-bond donors (Lipinski definition) is 8. The number of fused-ring (bicyclic) bond motifs is 14. The fourth-order valence-electron chi connectivity index (χ4n) is 14.8. The topological polar surface area (TPSA) is 352 Å². The van der Waals surface area contributed by atoms with Gasteiger partial charge < -0.3 is 45.6 Å². The van der Waals surface area contributed by atoms with Gasteiger partial charge in [0.05, 0.1) is 70.2 Å². The summed E-state index contributed by atoms with van der Waals surface area (Å²) < 4.78 is 12.8. The Kier molecular flexibility index (Phi) is 29.0. The monoisotopic (exact) mass is 2420 g/mol. The van der Waals surface area contributed by atoms with E-state index in [1.54, 1.807) is 37.3 Å². The summed E-state index contributed by atoms with van der Waals surface area (Å²) in [6, 6.07) is 56.2. The van der Waals surface area contributed by atoms with Gasteiger partial charge in [0.15, 0.2) is 5.75 Å². The molecule has 23 nitrogen and oxygen atoms in total. The maximum atomic E-state index is 10.3. The van der Waals surface area contributed by atoms with Gasteiger partial charge in [-0.25, -0.2) is 69.8 Å². The average molecular weight is 2430 g/mol. The Morgan fingerprint density at radius 3 is 0.963 bits per heavy atom. The predicted molar refractivity (Wildman–Crippen MR) is 575 cm³/mol. The lowest BCUT2D eigenvalue weighted by molar-refractivity contribution is 0.474. The van der Waals surface area contributed by atoms with Crippen molar-refractivity contribution in [2.45, 2.75) is 82.6 Å². The molecule has 0 aliphatic carbocycles. The van der Waals surface area contributed by atoms with Gasteiger partial charge in [-0.05, 0) is 402 Å². The number of aromatic hydroxyl groups is 8. The second-order valence-corrected chi connectivity index (χ2v) is 40.3. The molecule has 7 heterocycles. The van der Waals surface area contributed by atoms with Crippen molar-refractivity contribution in [1.29, 1.82) is 0 Å². The Bertz CT molecular complexity index is 8510. The Hall–Kier alpha value is -11.4. The fourth-order valence-corrected chi connectivity index (χ4v) is 20.8. The summed E-state index contributed by atoms with van der Waals surface area (Å²) in [5.41, 5.74) is 27.9. The summed E-state index contributed by atoms with van der Waals surface area (Å²) in [6.07, 6.45) is 0.910. The predicted octanol–water partition coefficient (Wildman–Crippen LogP) is 30.7. The molecule has 0 unspecified atom stereocenters. The van der Waals surface area contributed by atoms with Gasteiger partial charge in [0.2, 0.25) is 0 Å². The number of rotatable bonds is 3. The lowest BCUT2D eigenvalue weighted by atomic mass is 10.1. The second-order valence-electron chi connectivity index (χ2n) is 31.8. The van der Waals surface area contributed by atoms with Crippen molar-refractivity contribution >= 4 is 321 Å². The van der Waals surface area contributed by atoms with Crippen LogP contribution in [0.3, 0.4) is 0 Å². The molecule has 0 saturated carbocycles. The number of aromatic nitrogens is 14. The van der Waals surface area contributed by atoms with Crippen LogP contribution in [-0.2, 0) is 6.42 Å². The van der Waals surface area contributed by atoms with E-state index in [1.807, 2.05) is 201 Å². The summed E-state index contributed by atoms with van der Waals surface area (Å²) in [4.78, 5) is 63.5. The Labute approximate surface area is 861 Å². The fraction of sp³-hybridized carbons (Fsp3) is 0.118. The summed E-state index contributed by atoms with van der Waals surface area (Å²) in [5, 5.41) is 82.2.